The van der Waals surface area contributed by atoms with Crippen LogP contribution in [0.25, 0.3) is 0 Å². The number of halogens is 1. The number of hydrogen-bond donors (Lipinski definition) is 1. The molecular formula is C15H20BrNOS. The Morgan fingerprint density at radius 1 is 1.32 bits per heavy atom. The van der Waals surface area contributed by atoms with Crippen LogP contribution in [0.15, 0.2) is 6.07 Å². The molecule has 0 spiro atoms. The van der Waals surface area contributed by atoms with Crippen LogP contribution in [0.5, 0.6) is 0 Å². The Hall–Kier alpha value is -0.350. The molecule has 2 aliphatic carbocycles. The third-order valence-corrected chi connectivity index (χ3v) is 6.75. The third-order valence-electron chi connectivity index (χ3n) is 4.31. The number of nitrogens with one attached hydrogen (secondary N) is 1. The van der Waals surface area contributed by atoms with E-state index in [2.05, 4.69) is 27.3 Å². The second-order valence-corrected chi connectivity index (χ2v) is 8.00. The van der Waals surface area contributed by atoms with Crippen molar-refractivity contribution in [2.24, 2.45) is 5.92 Å². The summed E-state index contributed by atoms with van der Waals surface area (Å²) in [5.41, 5.74) is 1.42. The lowest BCUT2D eigenvalue weighted by atomic mass is 9.99. The van der Waals surface area contributed by atoms with Crippen LogP contribution in [-0.2, 0) is 12.8 Å². The molecule has 1 aromatic rings. The zero-order valence-corrected chi connectivity index (χ0v) is 13.5. The van der Waals surface area contributed by atoms with E-state index in [1.54, 1.807) is 11.3 Å². The van der Waals surface area contributed by atoms with Crippen molar-refractivity contribution < 1.29 is 4.79 Å². The van der Waals surface area contributed by atoms with E-state index >= 15 is 0 Å². The van der Waals surface area contributed by atoms with Crippen molar-refractivity contribution in [1.82, 2.24) is 5.32 Å². The predicted octanol–water partition coefficient (Wildman–Crippen LogP) is 3.92. The Morgan fingerprint density at radius 3 is 2.89 bits per heavy atom. The number of carbonyl (C=O) groups is 1. The lowest BCUT2D eigenvalue weighted by Gasteiger charge is -2.14. The van der Waals surface area contributed by atoms with E-state index in [4.69, 9.17) is 0 Å². The largest absolute Gasteiger partial charge is 0.351 e. The smallest absolute Gasteiger partial charge is 0.261 e. The summed E-state index contributed by atoms with van der Waals surface area (Å²) in [5.74, 6) is 0.740. The van der Waals surface area contributed by atoms with E-state index in [-0.39, 0.29) is 5.91 Å². The topological polar surface area (TPSA) is 29.1 Å². The van der Waals surface area contributed by atoms with Gasteiger partial charge in [0.15, 0.2) is 0 Å². The van der Waals surface area contributed by atoms with E-state index in [0.29, 0.717) is 10.7 Å². The minimum atomic E-state index is 0.131. The van der Waals surface area contributed by atoms with Gasteiger partial charge < -0.3 is 5.32 Å². The normalized spacial score (nSPS) is 26.2. The van der Waals surface area contributed by atoms with Crippen molar-refractivity contribution >= 4 is 33.2 Å². The van der Waals surface area contributed by atoms with E-state index in [9.17, 15) is 4.79 Å². The maximum atomic E-state index is 12.2. The van der Waals surface area contributed by atoms with Crippen molar-refractivity contribution in [3.8, 4) is 0 Å². The SMILES string of the molecule is O=C(NCC1CCCC1Br)c1cc2c(s1)CCCC2. The van der Waals surface area contributed by atoms with Gasteiger partial charge in [-0.1, -0.05) is 22.4 Å². The molecule has 0 radical (unpaired) electrons. The van der Waals surface area contributed by atoms with Crippen molar-refractivity contribution in [1.29, 1.82) is 0 Å². The van der Waals surface area contributed by atoms with Crippen LogP contribution < -0.4 is 5.32 Å². The Bertz CT molecular complexity index is 447. The second kappa shape index (κ2) is 5.96. The molecule has 1 heterocycles. The predicted molar refractivity (Wildman–Crippen MR) is 83.4 cm³/mol. The van der Waals surface area contributed by atoms with Gasteiger partial charge in [0.05, 0.1) is 4.88 Å². The fraction of sp³-hybridized carbons (Fsp3) is 0.667. The molecule has 104 valence electrons. The molecule has 3 rings (SSSR count). The highest BCUT2D eigenvalue weighted by Crippen LogP contribution is 2.32. The van der Waals surface area contributed by atoms with Crippen molar-refractivity contribution in [3.05, 3.63) is 21.4 Å². The highest BCUT2D eigenvalue weighted by Gasteiger charge is 2.25. The molecule has 2 unspecified atom stereocenters. The summed E-state index contributed by atoms with van der Waals surface area (Å²) in [4.78, 5) is 15.2. The molecule has 2 nitrogen and oxygen atoms in total. The van der Waals surface area contributed by atoms with E-state index in [1.807, 2.05) is 0 Å². The highest BCUT2D eigenvalue weighted by atomic mass is 79.9. The number of carbonyl (C=O) groups excluding carboxylic acids is 1. The van der Waals surface area contributed by atoms with Crippen molar-refractivity contribution in [2.45, 2.75) is 49.8 Å². The molecule has 4 heteroatoms. The summed E-state index contributed by atoms with van der Waals surface area (Å²) >= 11 is 5.41. The molecule has 1 amide bonds. The minimum absolute atomic E-state index is 0.131. The Labute approximate surface area is 127 Å². The first-order valence-electron chi connectivity index (χ1n) is 7.28. The van der Waals surface area contributed by atoms with E-state index < -0.39 is 0 Å². The summed E-state index contributed by atoms with van der Waals surface area (Å²) in [5, 5.41) is 3.12. The van der Waals surface area contributed by atoms with Crippen LogP contribution in [0, 0.1) is 5.92 Å². The monoisotopic (exact) mass is 341 g/mol. The molecule has 2 atom stereocenters. The number of aryl methyl sites for hydroxylation is 2. The van der Waals surface area contributed by atoms with E-state index in [1.165, 1.54) is 49.0 Å². The van der Waals surface area contributed by atoms with Crippen LogP contribution >= 0.6 is 27.3 Å². The molecule has 2 aliphatic rings. The molecule has 0 aromatic carbocycles. The van der Waals surface area contributed by atoms with Gasteiger partial charge in [-0.2, -0.15) is 0 Å². The number of hydrogen-bond acceptors (Lipinski definition) is 2. The van der Waals surface area contributed by atoms with Gasteiger partial charge in [-0.15, -0.1) is 11.3 Å². The number of rotatable bonds is 3. The molecule has 1 aromatic heterocycles. The lowest BCUT2D eigenvalue weighted by molar-refractivity contribution is 0.0952. The quantitative estimate of drug-likeness (QED) is 0.829. The zero-order valence-electron chi connectivity index (χ0n) is 11.1. The standard InChI is InChI=1S/C15H20BrNOS/c16-12-6-3-5-11(12)9-17-15(18)14-8-10-4-1-2-7-13(10)19-14/h8,11-12H,1-7,9H2,(H,17,18). The van der Waals surface area contributed by atoms with Gasteiger partial charge in [0.1, 0.15) is 0 Å². The highest BCUT2D eigenvalue weighted by molar-refractivity contribution is 9.09. The molecular weight excluding hydrogens is 322 g/mol. The van der Waals surface area contributed by atoms with Crippen molar-refractivity contribution in [2.75, 3.05) is 6.54 Å². The maximum absolute atomic E-state index is 12.2. The van der Waals surface area contributed by atoms with Crippen molar-refractivity contribution in [3.63, 3.8) is 0 Å². The number of fused-ring (bicyclic) bond motifs is 1. The van der Waals surface area contributed by atoms with Crippen LogP contribution in [0.4, 0.5) is 0 Å². The van der Waals surface area contributed by atoms with Crippen LogP contribution in [0.2, 0.25) is 0 Å². The first-order valence-corrected chi connectivity index (χ1v) is 9.01. The number of alkyl halides is 1. The second-order valence-electron chi connectivity index (χ2n) is 5.68. The molecule has 1 fully saturated rings. The van der Waals surface area contributed by atoms with Crippen LogP contribution in [0.1, 0.15) is 52.2 Å². The van der Waals surface area contributed by atoms with Gasteiger partial charge in [-0.3, -0.25) is 4.79 Å². The molecule has 19 heavy (non-hydrogen) atoms. The van der Waals surface area contributed by atoms with Gasteiger partial charge >= 0.3 is 0 Å². The summed E-state index contributed by atoms with van der Waals surface area (Å²) in [6.45, 7) is 0.817. The first kappa shape index (κ1) is 13.6. The summed E-state index contributed by atoms with van der Waals surface area (Å²) in [6, 6.07) is 2.12. The molecule has 0 bridgehead atoms. The molecule has 1 N–H and O–H groups in total. The van der Waals surface area contributed by atoms with Crippen LogP contribution in [-0.4, -0.2) is 17.3 Å². The van der Waals surface area contributed by atoms with Gasteiger partial charge in [0.2, 0.25) is 0 Å². The fourth-order valence-electron chi connectivity index (χ4n) is 3.13. The first-order chi connectivity index (χ1) is 9.24. The summed E-state index contributed by atoms with van der Waals surface area (Å²) in [7, 11) is 0. The fourth-order valence-corrected chi connectivity index (χ4v) is 5.08. The lowest BCUT2D eigenvalue weighted by Crippen LogP contribution is -2.30. The number of amides is 1. The van der Waals surface area contributed by atoms with E-state index in [0.717, 1.165) is 17.8 Å². The summed E-state index contributed by atoms with van der Waals surface area (Å²) < 4.78 is 0. The average Bonchev–Trinajstić information content (AvgIpc) is 3.01. The Balaban J connectivity index is 1.59. The minimum Gasteiger partial charge on any atom is -0.351 e. The third kappa shape index (κ3) is 3.05. The molecule has 0 saturated heterocycles. The Kier molecular flexibility index (Phi) is 4.27. The zero-order chi connectivity index (χ0) is 13.2. The Morgan fingerprint density at radius 2 is 2.16 bits per heavy atom. The maximum Gasteiger partial charge on any atom is 0.261 e. The van der Waals surface area contributed by atoms with Gasteiger partial charge in [-0.25, -0.2) is 0 Å². The number of thiophene rings is 1. The molecule has 1 saturated carbocycles. The van der Waals surface area contributed by atoms with Gasteiger partial charge in [-0.05, 0) is 56.1 Å². The van der Waals surface area contributed by atoms with Crippen LogP contribution in [0.3, 0.4) is 0 Å². The van der Waals surface area contributed by atoms with Gasteiger partial charge in [0.25, 0.3) is 5.91 Å². The van der Waals surface area contributed by atoms with Gasteiger partial charge in [0, 0.05) is 16.2 Å². The summed E-state index contributed by atoms with van der Waals surface area (Å²) in [6.07, 6.45) is 8.64. The molecule has 0 aliphatic heterocycles. The average molecular weight is 342 g/mol.